The molecule has 5 nitrogen and oxygen atoms in total. The third-order valence-electron chi connectivity index (χ3n) is 2.45. The first-order valence-electron chi connectivity index (χ1n) is 5.48. The summed E-state index contributed by atoms with van der Waals surface area (Å²) in [6.45, 7) is 0. The number of carboxylic acids is 1. The van der Waals surface area contributed by atoms with E-state index in [1.54, 1.807) is 19.4 Å². The van der Waals surface area contributed by atoms with Gasteiger partial charge in [0.25, 0.3) is 0 Å². The number of nitrogens with zero attached hydrogens (tertiary/aromatic N) is 2. The Bertz CT molecular complexity index is 617. The van der Waals surface area contributed by atoms with Crippen molar-refractivity contribution >= 4 is 21.9 Å². The van der Waals surface area contributed by atoms with Crippen molar-refractivity contribution in [1.29, 1.82) is 0 Å². The molecule has 0 atom stereocenters. The number of aromatic nitrogens is 2. The fourth-order valence-corrected chi connectivity index (χ4v) is 2.01. The largest absolute Gasteiger partial charge is 0.496 e. The molecule has 2 aromatic rings. The van der Waals surface area contributed by atoms with Crippen molar-refractivity contribution in [3.8, 4) is 17.0 Å². The van der Waals surface area contributed by atoms with E-state index in [1.807, 2.05) is 18.2 Å². The molecule has 0 amide bonds. The van der Waals surface area contributed by atoms with Crippen molar-refractivity contribution in [3.05, 3.63) is 40.8 Å². The average molecular weight is 323 g/mol. The molecule has 19 heavy (non-hydrogen) atoms. The molecular weight excluding hydrogens is 312 g/mol. The third-order valence-corrected chi connectivity index (χ3v) is 2.95. The number of benzene rings is 1. The second-order valence-corrected chi connectivity index (χ2v) is 4.69. The minimum Gasteiger partial charge on any atom is -0.496 e. The number of hydrogen-bond acceptors (Lipinski definition) is 4. The van der Waals surface area contributed by atoms with Crippen LogP contribution in [-0.2, 0) is 11.2 Å². The van der Waals surface area contributed by atoms with E-state index in [2.05, 4.69) is 25.9 Å². The summed E-state index contributed by atoms with van der Waals surface area (Å²) in [7, 11) is 1.58. The molecule has 1 aromatic heterocycles. The van der Waals surface area contributed by atoms with Gasteiger partial charge < -0.3 is 9.84 Å². The highest BCUT2D eigenvalue weighted by Crippen LogP contribution is 2.31. The number of methoxy groups -OCH3 is 1. The lowest BCUT2D eigenvalue weighted by Gasteiger charge is -2.09. The van der Waals surface area contributed by atoms with Crippen LogP contribution < -0.4 is 4.74 Å². The van der Waals surface area contributed by atoms with Crippen molar-refractivity contribution in [1.82, 2.24) is 9.97 Å². The van der Waals surface area contributed by atoms with Gasteiger partial charge in [0.15, 0.2) is 0 Å². The molecule has 0 aliphatic carbocycles. The summed E-state index contributed by atoms with van der Waals surface area (Å²) < 4.78 is 6.17. The van der Waals surface area contributed by atoms with E-state index < -0.39 is 5.97 Å². The van der Waals surface area contributed by atoms with Crippen LogP contribution in [0.5, 0.6) is 5.75 Å². The summed E-state index contributed by atoms with van der Waals surface area (Å²) in [5, 5.41) is 8.76. The number of ether oxygens (including phenoxy) is 1. The van der Waals surface area contributed by atoms with Crippen LogP contribution in [0.2, 0.25) is 0 Å². The number of rotatable bonds is 4. The van der Waals surface area contributed by atoms with Crippen LogP contribution in [0.1, 0.15) is 5.82 Å². The zero-order chi connectivity index (χ0) is 13.8. The lowest BCUT2D eigenvalue weighted by Crippen LogP contribution is -2.05. The van der Waals surface area contributed by atoms with Gasteiger partial charge in [-0.1, -0.05) is 15.9 Å². The van der Waals surface area contributed by atoms with Crippen LogP contribution in [0.3, 0.4) is 0 Å². The molecule has 0 spiro atoms. The van der Waals surface area contributed by atoms with Crippen LogP contribution in [0.15, 0.2) is 34.9 Å². The van der Waals surface area contributed by atoms with Crippen molar-refractivity contribution in [2.75, 3.05) is 7.11 Å². The van der Waals surface area contributed by atoms with Crippen molar-refractivity contribution in [2.24, 2.45) is 0 Å². The second-order valence-electron chi connectivity index (χ2n) is 3.77. The van der Waals surface area contributed by atoms with E-state index in [9.17, 15) is 4.79 Å². The Morgan fingerprint density at radius 1 is 1.42 bits per heavy atom. The maximum atomic E-state index is 10.7. The van der Waals surface area contributed by atoms with Gasteiger partial charge in [0, 0.05) is 16.2 Å². The van der Waals surface area contributed by atoms with E-state index in [1.165, 1.54) is 0 Å². The van der Waals surface area contributed by atoms with E-state index >= 15 is 0 Å². The first-order chi connectivity index (χ1) is 9.10. The molecule has 98 valence electrons. The number of carboxylic acid groups (broad SMARTS) is 1. The Hall–Kier alpha value is -1.95. The SMILES string of the molecule is COc1ccc(Br)cc1-c1ccnc(CC(=O)O)n1. The van der Waals surface area contributed by atoms with Crippen LogP contribution in [0.4, 0.5) is 0 Å². The molecule has 0 aliphatic heterocycles. The first kappa shape index (κ1) is 13.5. The molecular formula is C13H11BrN2O3. The number of halogens is 1. The molecule has 1 N–H and O–H groups in total. The Labute approximate surface area is 118 Å². The van der Waals surface area contributed by atoms with Gasteiger partial charge in [0.05, 0.1) is 12.8 Å². The predicted molar refractivity (Wildman–Crippen MR) is 73.1 cm³/mol. The van der Waals surface area contributed by atoms with Gasteiger partial charge in [-0.15, -0.1) is 0 Å². The highest BCUT2D eigenvalue weighted by atomic mass is 79.9. The Kier molecular flexibility index (Phi) is 4.11. The Morgan fingerprint density at radius 3 is 2.89 bits per heavy atom. The molecule has 0 bridgehead atoms. The minimum absolute atomic E-state index is 0.204. The highest BCUT2D eigenvalue weighted by molar-refractivity contribution is 9.10. The second kappa shape index (κ2) is 5.79. The summed E-state index contributed by atoms with van der Waals surface area (Å²) in [4.78, 5) is 18.9. The lowest BCUT2D eigenvalue weighted by atomic mass is 10.1. The monoisotopic (exact) mass is 322 g/mol. The average Bonchev–Trinajstić information content (AvgIpc) is 2.38. The summed E-state index contributed by atoms with van der Waals surface area (Å²) >= 11 is 3.39. The van der Waals surface area contributed by atoms with E-state index in [0.717, 1.165) is 10.0 Å². The highest BCUT2D eigenvalue weighted by Gasteiger charge is 2.10. The molecule has 0 aliphatic rings. The van der Waals surface area contributed by atoms with E-state index in [0.29, 0.717) is 11.4 Å². The van der Waals surface area contributed by atoms with Gasteiger partial charge in [-0.2, -0.15) is 0 Å². The minimum atomic E-state index is -0.960. The molecule has 6 heteroatoms. The summed E-state index contributed by atoms with van der Waals surface area (Å²) in [5.41, 5.74) is 1.41. The topological polar surface area (TPSA) is 72.3 Å². The molecule has 1 heterocycles. The zero-order valence-corrected chi connectivity index (χ0v) is 11.7. The smallest absolute Gasteiger partial charge is 0.311 e. The number of hydrogen-bond donors (Lipinski definition) is 1. The lowest BCUT2D eigenvalue weighted by molar-refractivity contribution is -0.136. The maximum Gasteiger partial charge on any atom is 0.311 e. The fourth-order valence-electron chi connectivity index (χ4n) is 1.65. The predicted octanol–water partition coefficient (Wildman–Crippen LogP) is 2.54. The first-order valence-corrected chi connectivity index (χ1v) is 6.27. The summed E-state index contributed by atoms with van der Waals surface area (Å²) in [5.74, 6) is -0.0199. The molecule has 0 radical (unpaired) electrons. The van der Waals surface area contributed by atoms with Gasteiger partial charge in [-0.25, -0.2) is 9.97 Å². The van der Waals surface area contributed by atoms with Gasteiger partial charge in [0.2, 0.25) is 0 Å². The molecule has 0 saturated carbocycles. The molecule has 0 unspecified atom stereocenters. The van der Waals surface area contributed by atoms with Crippen molar-refractivity contribution in [2.45, 2.75) is 6.42 Å². The fraction of sp³-hybridized carbons (Fsp3) is 0.154. The Morgan fingerprint density at radius 2 is 2.21 bits per heavy atom. The van der Waals surface area contributed by atoms with Gasteiger partial charge in [-0.3, -0.25) is 4.79 Å². The van der Waals surface area contributed by atoms with Crippen molar-refractivity contribution in [3.63, 3.8) is 0 Å². The standard InChI is InChI=1S/C13H11BrN2O3/c1-19-11-3-2-8(14)6-9(11)10-4-5-15-12(16-10)7-13(17)18/h2-6H,7H2,1H3,(H,17,18). The van der Waals surface area contributed by atoms with Crippen LogP contribution >= 0.6 is 15.9 Å². The number of aliphatic carboxylic acids is 1. The normalized spacial score (nSPS) is 10.2. The van der Waals surface area contributed by atoms with Gasteiger partial charge >= 0.3 is 5.97 Å². The molecule has 0 fully saturated rings. The molecule has 1 aromatic carbocycles. The Balaban J connectivity index is 2.46. The zero-order valence-electron chi connectivity index (χ0n) is 10.1. The van der Waals surface area contributed by atoms with E-state index in [-0.39, 0.29) is 12.2 Å². The number of carbonyl (C=O) groups is 1. The quantitative estimate of drug-likeness (QED) is 0.936. The van der Waals surface area contributed by atoms with Gasteiger partial charge in [-0.05, 0) is 24.3 Å². The summed E-state index contributed by atoms with van der Waals surface area (Å²) in [6, 6.07) is 7.27. The summed E-state index contributed by atoms with van der Waals surface area (Å²) in [6.07, 6.45) is 1.34. The van der Waals surface area contributed by atoms with Crippen LogP contribution in [0, 0.1) is 0 Å². The van der Waals surface area contributed by atoms with Gasteiger partial charge in [0.1, 0.15) is 18.0 Å². The van der Waals surface area contributed by atoms with Crippen LogP contribution in [0.25, 0.3) is 11.3 Å². The van der Waals surface area contributed by atoms with Crippen LogP contribution in [-0.4, -0.2) is 28.2 Å². The molecule has 2 rings (SSSR count). The van der Waals surface area contributed by atoms with Crippen molar-refractivity contribution < 1.29 is 14.6 Å². The van der Waals surface area contributed by atoms with E-state index in [4.69, 9.17) is 9.84 Å². The molecule has 0 saturated heterocycles. The maximum absolute atomic E-state index is 10.7. The third kappa shape index (κ3) is 3.29.